The van der Waals surface area contributed by atoms with E-state index in [1.165, 1.54) is 24.1 Å². The van der Waals surface area contributed by atoms with Gasteiger partial charge in [-0.3, -0.25) is 14.6 Å². The zero-order chi connectivity index (χ0) is 21.3. The molecule has 0 amide bonds. The number of benzene rings is 1. The highest BCUT2D eigenvalue weighted by Crippen LogP contribution is 2.21. The molecule has 1 aromatic carbocycles. The van der Waals surface area contributed by atoms with Crippen molar-refractivity contribution >= 4 is 41.5 Å². The lowest BCUT2D eigenvalue weighted by atomic mass is 9.96. The Morgan fingerprint density at radius 2 is 1.94 bits per heavy atom. The first-order chi connectivity index (χ1) is 14.5. The van der Waals surface area contributed by atoms with Crippen LogP contribution in [0.3, 0.4) is 0 Å². The van der Waals surface area contributed by atoms with Gasteiger partial charge in [-0.05, 0) is 69.8 Å². The number of guanidine groups is 1. The van der Waals surface area contributed by atoms with Gasteiger partial charge in [-0.1, -0.05) is 29.8 Å². The first-order valence-electron chi connectivity index (χ1n) is 11.0. The molecular weight excluding hydrogens is 523 g/mol. The number of rotatable bonds is 8. The molecule has 31 heavy (non-hydrogen) atoms. The fourth-order valence-electron chi connectivity index (χ4n) is 4.01. The summed E-state index contributed by atoms with van der Waals surface area (Å²) < 4.78 is 2.07. The molecule has 0 unspecified atom stereocenters. The Kier molecular flexibility index (Phi) is 11.1. The van der Waals surface area contributed by atoms with Crippen molar-refractivity contribution in [2.24, 2.45) is 10.9 Å². The van der Waals surface area contributed by atoms with Crippen molar-refractivity contribution in [2.45, 2.75) is 46.2 Å². The minimum Gasteiger partial charge on any atom is -0.356 e. The van der Waals surface area contributed by atoms with Crippen molar-refractivity contribution in [1.82, 2.24) is 25.3 Å². The molecule has 2 aromatic rings. The fraction of sp³-hybridized carbons (Fsp3) is 0.565. The van der Waals surface area contributed by atoms with Crippen LogP contribution in [0.5, 0.6) is 0 Å². The van der Waals surface area contributed by atoms with E-state index in [1.54, 1.807) is 0 Å². The number of nitrogens with zero attached hydrogens (tertiary/aromatic N) is 4. The van der Waals surface area contributed by atoms with Crippen molar-refractivity contribution in [3.05, 3.63) is 52.3 Å². The number of hydrogen-bond donors (Lipinski definition) is 2. The maximum atomic E-state index is 6.31. The lowest BCUT2D eigenvalue weighted by Crippen LogP contribution is -2.43. The minimum absolute atomic E-state index is 0. The summed E-state index contributed by atoms with van der Waals surface area (Å²) in [6.45, 7) is 10.1. The molecular formula is C23H36ClIN6. The monoisotopic (exact) mass is 558 g/mol. The molecule has 6 nitrogen and oxygen atoms in total. The van der Waals surface area contributed by atoms with E-state index in [9.17, 15) is 0 Å². The van der Waals surface area contributed by atoms with E-state index in [-0.39, 0.29) is 24.0 Å². The fourth-order valence-corrected chi connectivity index (χ4v) is 4.21. The topological polar surface area (TPSA) is 57.5 Å². The Bertz CT molecular complexity index is 829. The Balaban J connectivity index is 0.00000341. The van der Waals surface area contributed by atoms with Crippen LogP contribution < -0.4 is 10.6 Å². The summed E-state index contributed by atoms with van der Waals surface area (Å²) in [5.41, 5.74) is 3.52. The molecule has 0 radical (unpaired) electrons. The molecule has 3 rings (SSSR count). The molecule has 0 aliphatic carbocycles. The predicted molar refractivity (Wildman–Crippen MR) is 141 cm³/mol. The van der Waals surface area contributed by atoms with E-state index >= 15 is 0 Å². The maximum Gasteiger partial charge on any atom is 0.190 e. The number of hydrogen-bond acceptors (Lipinski definition) is 3. The zero-order valence-corrected chi connectivity index (χ0v) is 22.0. The summed E-state index contributed by atoms with van der Waals surface area (Å²) in [6, 6.07) is 10.3. The molecule has 0 spiro atoms. The third-order valence-electron chi connectivity index (χ3n) is 5.78. The summed E-state index contributed by atoms with van der Waals surface area (Å²) in [4.78, 5) is 6.87. The number of aromatic nitrogens is 2. The van der Waals surface area contributed by atoms with Crippen LogP contribution in [0, 0.1) is 19.8 Å². The normalized spacial score (nSPS) is 15.5. The highest BCUT2D eigenvalue weighted by atomic mass is 127. The lowest BCUT2D eigenvalue weighted by Gasteiger charge is -2.32. The van der Waals surface area contributed by atoms with E-state index in [2.05, 4.69) is 55.4 Å². The van der Waals surface area contributed by atoms with Crippen molar-refractivity contribution < 1.29 is 0 Å². The van der Waals surface area contributed by atoms with Crippen LogP contribution in [0.25, 0.3) is 0 Å². The van der Waals surface area contributed by atoms with Crippen molar-refractivity contribution in [3.8, 4) is 0 Å². The third kappa shape index (κ3) is 8.27. The van der Waals surface area contributed by atoms with Crippen LogP contribution in [0.4, 0.5) is 0 Å². The number of nitrogens with one attached hydrogen (secondary N) is 2. The minimum atomic E-state index is 0. The number of aliphatic imine (C=N–C) groups is 1. The lowest BCUT2D eigenvalue weighted by molar-refractivity contribution is 0.178. The smallest absolute Gasteiger partial charge is 0.190 e. The zero-order valence-electron chi connectivity index (χ0n) is 18.9. The quantitative estimate of drug-likeness (QED) is 0.220. The van der Waals surface area contributed by atoms with Gasteiger partial charge in [0.25, 0.3) is 0 Å². The molecule has 2 heterocycles. The molecule has 0 bridgehead atoms. The standard InChI is InChI=1S/C23H35ClN6.HI/c1-18-15-19(2)30(28-18)12-6-11-26-23(25-3)27-16-20-9-13-29(14-10-20)17-21-7-4-5-8-22(21)24;/h4-5,7-8,15,20H,6,9-14,16-17H2,1-3H3,(H2,25,26,27);1H. The van der Waals surface area contributed by atoms with Crippen molar-refractivity contribution in [2.75, 3.05) is 33.2 Å². The SMILES string of the molecule is CN=C(NCCCn1nc(C)cc1C)NCC1CCN(Cc2ccccc2Cl)CC1.I. The molecule has 1 aliphatic heterocycles. The molecule has 0 atom stereocenters. The second-order valence-corrected chi connectivity index (χ2v) is 8.60. The summed E-state index contributed by atoms with van der Waals surface area (Å²) in [5, 5.41) is 12.3. The van der Waals surface area contributed by atoms with Crippen LogP contribution in [0.2, 0.25) is 5.02 Å². The second kappa shape index (κ2) is 13.3. The molecule has 1 aliphatic rings. The summed E-state index contributed by atoms with van der Waals surface area (Å²) in [6.07, 6.45) is 3.42. The van der Waals surface area contributed by atoms with Gasteiger partial charge in [0, 0.05) is 43.9 Å². The molecule has 1 aromatic heterocycles. The highest BCUT2D eigenvalue weighted by Gasteiger charge is 2.20. The number of piperidine rings is 1. The van der Waals surface area contributed by atoms with Gasteiger partial charge in [0.1, 0.15) is 0 Å². The first kappa shape index (κ1) is 25.9. The van der Waals surface area contributed by atoms with Gasteiger partial charge in [-0.15, -0.1) is 24.0 Å². The van der Waals surface area contributed by atoms with Gasteiger partial charge < -0.3 is 10.6 Å². The second-order valence-electron chi connectivity index (χ2n) is 8.19. The van der Waals surface area contributed by atoms with Crippen molar-refractivity contribution in [1.29, 1.82) is 0 Å². The summed E-state index contributed by atoms with van der Waals surface area (Å²) >= 11 is 6.31. The Morgan fingerprint density at radius 1 is 1.19 bits per heavy atom. The van der Waals surface area contributed by atoms with Gasteiger partial charge in [0.2, 0.25) is 0 Å². The van der Waals surface area contributed by atoms with Gasteiger partial charge in [-0.2, -0.15) is 5.10 Å². The Hall–Kier alpha value is -1.32. The van der Waals surface area contributed by atoms with Crippen LogP contribution in [-0.2, 0) is 13.1 Å². The van der Waals surface area contributed by atoms with E-state index in [0.717, 1.165) is 62.4 Å². The van der Waals surface area contributed by atoms with Crippen LogP contribution in [0.1, 0.15) is 36.2 Å². The molecule has 8 heteroatoms. The van der Waals surface area contributed by atoms with Gasteiger partial charge >= 0.3 is 0 Å². The van der Waals surface area contributed by atoms with E-state index in [4.69, 9.17) is 11.6 Å². The predicted octanol–water partition coefficient (Wildman–Crippen LogP) is 4.24. The molecule has 1 fully saturated rings. The summed E-state index contributed by atoms with van der Waals surface area (Å²) in [7, 11) is 1.84. The third-order valence-corrected chi connectivity index (χ3v) is 6.15. The number of halogens is 2. The number of aryl methyl sites for hydroxylation is 3. The van der Waals surface area contributed by atoms with Crippen LogP contribution in [-0.4, -0.2) is 53.9 Å². The average Bonchev–Trinajstić information content (AvgIpc) is 3.07. The average molecular weight is 559 g/mol. The molecule has 1 saturated heterocycles. The van der Waals surface area contributed by atoms with E-state index in [1.807, 2.05) is 26.1 Å². The molecule has 172 valence electrons. The first-order valence-corrected chi connectivity index (χ1v) is 11.3. The highest BCUT2D eigenvalue weighted by molar-refractivity contribution is 14.0. The Morgan fingerprint density at radius 3 is 2.58 bits per heavy atom. The van der Waals surface area contributed by atoms with E-state index in [0.29, 0.717) is 5.92 Å². The largest absolute Gasteiger partial charge is 0.356 e. The van der Waals surface area contributed by atoms with Gasteiger partial charge in [0.05, 0.1) is 5.69 Å². The molecule has 2 N–H and O–H groups in total. The van der Waals surface area contributed by atoms with Gasteiger partial charge in [0.15, 0.2) is 5.96 Å². The maximum absolute atomic E-state index is 6.31. The van der Waals surface area contributed by atoms with Gasteiger partial charge in [-0.25, -0.2) is 0 Å². The van der Waals surface area contributed by atoms with Crippen LogP contribution in [0.15, 0.2) is 35.3 Å². The number of likely N-dealkylation sites (tertiary alicyclic amines) is 1. The summed E-state index contributed by atoms with van der Waals surface area (Å²) in [5.74, 6) is 1.57. The van der Waals surface area contributed by atoms with Crippen molar-refractivity contribution in [3.63, 3.8) is 0 Å². The van der Waals surface area contributed by atoms with E-state index < -0.39 is 0 Å². The van der Waals surface area contributed by atoms with Crippen LogP contribution >= 0.6 is 35.6 Å². The Labute approximate surface area is 208 Å². The molecule has 0 saturated carbocycles.